The van der Waals surface area contributed by atoms with Crippen LogP contribution < -0.4 is 5.11 Å². The van der Waals surface area contributed by atoms with E-state index in [9.17, 15) is 32.3 Å². The topological polar surface area (TPSA) is 57.2 Å². The molecule has 0 saturated heterocycles. The second kappa shape index (κ2) is 3.66. The largest absolute Gasteiger partial charge is 0.871 e. The first-order valence-corrected chi connectivity index (χ1v) is 4.61. The van der Waals surface area contributed by atoms with Gasteiger partial charge in [0.15, 0.2) is 5.78 Å². The summed E-state index contributed by atoms with van der Waals surface area (Å²) in [4.78, 5) is 22.4. The normalized spacial score (nSPS) is 15.0. The number of carbonyl (C=O) groups is 2. The molecule has 0 N–H and O–H groups in total. The van der Waals surface area contributed by atoms with Crippen molar-refractivity contribution in [1.82, 2.24) is 0 Å². The van der Waals surface area contributed by atoms with Crippen molar-refractivity contribution in [2.45, 2.75) is 6.18 Å². The average molecular weight is 259 g/mol. The van der Waals surface area contributed by atoms with Gasteiger partial charge in [-0.15, -0.1) is 0 Å². The van der Waals surface area contributed by atoms with Gasteiger partial charge < -0.3 is 5.11 Å². The van der Waals surface area contributed by atoms with Crippen LogP contribution in [0.1, 0.15) is 15.9 Å². The standard InChI is InChI=1S/C11H4F4O3/c12-4-1-2-5-6(3-4)9(17)7(8(5)16)10(18)11(13,14)15/h1-3,17H/p-1. The highest BCUT2D eigenvalue weighted by molar-refractivity contribution is 6.35. The van der Waals surface area contributed by atoms with E-state index in [1.165, 1.54) is 0 Å². The summed E-state index contributed by atoms with van der Waals surface area (Å²) < 4.78 is 49.4. The van der Waals surface area contributed by atoms with E-state index in [0.717, 1.165) is 12.1 Å². The number of ketones is 2. The molecule has 0 unspecified atom stereocenters. The van der Waals surface area contributed by atoms with E-state index in [2.05, 4.69) is 0 Å². The maximum Gasteiger partial charge on any atom is 0.454 e. The summed E-state index contributed by atoms with van der Waals surface area (Å²) in [5.74, 6) is -6.10. The van der Waals surface area contributed by atoms with Gasteiger partial charge in [-0.25, -0.2) is 4.39 Å². The molecule has 0 amide bonds. The van der Waals surface area contributed by atoms with Crippen molar-refractivity contribution in [2.24, 2.45) is 0 Å². The van der Waals surface area contributed by atoms with Crippen LogP contribution in [-0.2, 0) is 4.79 Å². The van der Waals surface area contributed by atoms with Crippen molar-refractivity contribution >= 4 is 17.3 Å². The summed E-state index contributed by atoms with van der Waals surface area (Å²) >= 11 is 0. The van der Waals surface area contributed by atoms with Gasteiger partial charge in [0, 0.05) is 5.56 Å². The lowest BCUT2D eigenvalue weighted by molar-refractivity contribution is -0.244. The highest BCUT2D eigenvalue weighted by Crippen LogP contribution is 2.34. The van der Waals surface area contributed by atoms with Crippen molar-refractivity contribution in [3.8, 4) is 0 Å². The third-order valence-corrected chi connectivity index (χ3v) is 2.41. The quantitative estimate of drug-likeness (QED) is 0.563. The van der Waals surface area contributed by atoms with Crippen LogP contribution in [0.25, 0.3) is 5.76 Å². The smallest absolute Gasteiger partial charge is 0.454 e. The van der Waals surface area contributed by atoms with Gasteiger partial charge in [-0.05, 0) is 23.8 Å². The fourth-order valence-corrected chi connectivity index (χ4v) is 1.62. The van der Waals surface area contributed by atoms with Gasteiger partial charge in [0.05, 0.1) is 5.57 Å². The summed E-state index contributed by atoms with van der Waals surface area (Å²) in [5.41, 5.74) is -2.40. The minimum Gasteiger partial charge on any atom is -0.871 e. The molecule has 7 heteroatoms. The summed E-state index contributed by atoms with van der Waals surface area (Å²) in [5, 5.41) is 11.5. The second-order valence-corrected chi connectivity index (χ2v) is 3.55. The summed E-state index contributed by atoms with van der Waals surface area (Å²) in [6.07, 6.45) is -5.32. The highest BCUT2D eigenvalue weighted by Gasteiger charge is 2.45. The molecule has 0 saturated carbocycles. The zero-order valence-electron chi connectivity index (χ0n) is 8.47. The second-order valence-electron chi connectivity index (χ2n) is 3.55. The Morgan fingerprint density at radius 2 is 1.78 bits per heavy atom. The molecule has 1 aromatic rings. The Morgan fingerprint density at radius 3 is 2.33 bits per heavy atom. The van der Waals surface area contributed by atoms with Crippen molar-refractivity contribution in [2.75, 3.05) is 0 Å². The number of carbonyl (C=O) groups excluding carboxylic acids is 2. The molecule has 18 heavy (non-hydrogen) atoms. The molecule has 0 heterocycles. The first-order valence-electron chi connectivity index (χ1n) is 4.61. The van der Waals surface area contributed by atoms with E-state index in [4.69, 9.17) is 0 Å². The van der Waals surface area contributed by atoms with E-state index < -0.39 is 46.0 Å². The number of hydrogen-bond acceptors (Lipinski definition) is 3. The fraction of sp³-hybridized carbons (Fsp3) is 0.0909. The predicted molar refractivity (Wildman–Crippen MR) is 48.7 cm³/mol. The summed E-state index contributed by atoms with van der Waals surface area (Å²) in [6, 6.07) is 2.33. The van der Waals surface area contributed by atoms with Gasteiger partial charge >= 0.3 is 6.18 Å². The van der Waals surface area contributed by atoms with Crippen LogP contribution in [0.2, 0.25) is 0 Å². The monoisotopic (exact) mass is 259 g/mol. The Bertz CT molecular complexity index is 599. The number of hydrogen-bond donors (Lipinski definition) is 0. The van der Waals surface area contributed by atoms with Gasteiger partial charge in [0.1, 0.15) is 5.82 Å². The lowest BCUT2D eigenvalue weighted by Crippen LogP contribution is -2.28. The lowest BCUT2D eigenvalue weighted by Gasteiger charge is -2.11. The Labute approximate surface area is 97.3 Å². The van der Waals surface area contributed by atoms with Gasteiger partial charge in [-0.1, -0.05) is 5.76 Å². The van der Waals surface area contributed by atoms with Crippen LogP contribution in [0.4, 0.5) is 17.6 Å². The van der Waals surface area contributed by atoms with Crippen molar-refractivity contribution in [3.05, 3.63) is 40.7 Å². The Kier molecular flexibility index (Phi) is 2.50. The van der Waals surface area contributed by atoms with Gasteiger partial charge in [-0.2, -0.15) is 13.2 Å². The van der Waals surface area contributed by atoms with Crippen LogP contribution in [-0.4, -0.2) is 17.7 Å². The van der Waals surface area contributed by atoms with E-state index in [1.807, 2.05) is 0 Å². The van der Waals surface area contributed by atoms with Gasteiger partial charge in [0.2, 0.25) is 0 Å². The lowest BCUT2D eigenvalue weighted by atomic mass is 10.1. The van der Waals surface area contributed by atoms with E-state index >= 15 is 0 Å². The first-order chi connectivity index (χ1) is 8.23. The number of fused-ring (bicyclic) bond motifs is 1. The molecular formula is C11H3F4O3-. The molecule has 2 rings (SSSR count). The number of halogens is 4. The third-order valence-electron chi connectivity index (χ3n) is 2.41. The maximum absolute atomic E-state index is 12.8. The molecule has 0 radical (unpaired) electrons. The number of allylic oxidation sites excluding steroid dienone is 1. The zero-order valence-corrected chi connectivity index (χ0v) is 8.47. The van der Waals surface area contributed by atoms with Crippen molar-refractivity contribution < 1.29 is 32.3 Å². The SMILES string of the molecule is O=C1C(C(=O)C(F)(F)F)=C([O-])c2cc(F)ccc21. The molecule has 0 spiro atoms. The third kappa shape index (κ3) is 1.68. The first kappa shape index (κ1) is 12.3. The molecule has 1 aliphatic carbocycles. The van der Waals surface area contributed by atoms with Crippen molar-refractivity contribution in [3.63, 3.8) is 0 Å². The Hall–Kier alpha value is -2.18. The molecule has 0 fully saturated rings. The van der Waals surface area contributed by atoms with Crippen LogP contribution in [0.15, 0.2) is 23.8 Å². The Balaban J connectivity index is 2.60. The van der Waals surface area contributed by atoms with Crippen LogP contribution in [0.3, 0.4) is 0 Å². The minimum atomic E-state index is -5.32. The number of alkyl halides is 3. The molecule has 3 nitrogen and oxygen atoms in total. The molecule has 94 valence electrons. The summed E-state index contributed by atoms with van der Waals surface area (Å²) in [7, 11) is 0. The molecule has 0 bridgehead atoms. The molecule has 1 aliphatic rings. The predicted octanol–water partition coefficient (Wildman–Crippen LogP) is 1.22. The molecule has 0 atom stereocenters. The van der Waals surface area contributed by atoms with E-state index in [0.29, 0.717) is 6.07 Å². The molecule has 0 aliphatic heterocycles. The van der Waals surface area contributed by atoms with Crippen molar-refractivity contribution in [1.29, 1.82) is 0 Å². The van der Waals surface area contributed by atoms with E-state index in [-0.39, 0.29) is 0 Å². The molecule has 0 aromatic heterocycles. The fourth-order valence-electron chi connectivity index (χ4n) is 1.62. The van der Waals surface area contributed by atoms with E-state index in [1.54, 1.807) is 0 Å². The molecular weight excluding hydrogens is 256 g/mol. The Morgan fingerprint density at radius 1 is 1.17 bits per heavy atom. The van der Waals surface area contributed by atoms with Gasteiger partial charge in [-0.3, -0.25) is 9.59 Å². The number of benzene rings is 1. The number of rotatable bonds is 1. The zero-order chi connectivity index (χ0) is 13.7. The summed E-state index contributed by atoms with van der Waals surface area (Å²) in [6.45, 7) is 0. The van der Waals surface area contributed by atoms with Crippen LogP contribution in [0, 0.1) is 5.82 Å². The average Bonchev–Trinajstić information content (AvgIpc) is 2.49. The minimum absolute atomic E-state index is 0.394. The highest BCUT2D eigenvalue weighted by atomic mass is 19.4. The molecule has 1 aromatic carbocycles. The maximum atomic E-state index is 12.8. The van der Waals surface area contributed by atoms with Crippen LogP contribution >= 0.6 is 0 Å². The number of Topliss-reactive ketones (excluding diaryl/α,β-unsaturated/α-hetero) is 2. The van der Waals surface area contributed by atoms with Crippen LogP contribution in [0.5, 0.6) is 0 Å². The van der Waals surface area contributed by atoms with Gasteiger partial charge in [0.25, 0.3) is 5.78 Å².